The molecule has 1 aromatic carbocycles. The molecule has 0 radical (unpaired) electrons. The first-order valence-electron chi connectivity index (χ1n) is 5.84. The fourth-order valence-electron chi connectivity index (χ4n) is 2.16. The summed E-state index contributed by atoms with van der Waals surface area (Å²) in [7, 11) is 0. The van der Waals surface area contributed by atoms with Gasteiger partial charge in [-0.2, -0.15) is 0 Å². The Bertz CT molecular complexity index is 458. The van der Waals surface area contributed by atoms with E-state index < -0.39 is 12.0 Å². The van der Waals surface area contributed by atoms with E-state index in [1.807, 2.05) is 12.1 Å². The van der Waals surface area contributed by atoms with E-state index in [9.17, 15) is 9.59 Å². The van der Waals surface area contributed by atoms with Crippen molar-refractivity contribution >= 4 is 23.5 Å². The highest BCUT2D eigenvalue weighted by atomic mass is 35.5. The summed E-state index contributed by atoms with van der Waals surface area (Å²) in [6.07, 6.45) is 1.60. The highest BCUT2D eigenvalue weighted by molar-refractivity contribution is 6.30. The maximum atomic E-state index is 11.8. The lowest BCUT2D eigenvalue weighted by Gasteiger charge is -2.33. The largest absolute Gasteiger partial charge is 0.480 e. The Morgan fingerprint density at radius 1 is 1.39 bits per heavy atom. The van der Waals surface area contributed by atoms with Crippen LogP contribution in [0.5, 0.6) is 0 Å². The van der Waals surface area contributed by atoms with Crippen molar-refractivity contribution in [2.45, 2.75) is 31.8 Å². The number of carbonyl (C=O) groups excluding carboxylic acids is 1. The highest BCUT2D eigenvalue weighted by Crippen LogP contribution is 2.21. The number of aliphatic carboxylic acids is 1. The third kappa shape index (κ3) is 2.82. The molecular weight excluding hydrogens is 254 g/mol. The lowest BCUT2D eigenvalue weighted by Crippen LogP contribution is -2.47. The summed E-state index contributed by atoms with van der Waals surface area (Å²) in [6, 6.07) is 6.39. The fraction of sp³-hybridized carbons (Fsp3) is 0.385. The van der Waals surface area contributed by atoms with E-state index in [1.54, 1.807) is 12.1 Å². The number of hydrogen-bond acceptors (Lipinski definition) is 2. The number of rotatable bonds is 3. The van der Waals surface area contributed by atoms with Crippen molar-refractivity contribution in [3.63, 3.8) is 0 Å². The molecule has 1 saturated heterocycles. The van der Waals surface area contributed by atoms with Crippen LogP contribution in [-0.2, 0) is 16.1 Å². The SMILES string of the molecule is O=C(O)[C@@H]1CCCC(=O)N1Cc1ccc(Cl)cc1. The van der Waals surface area contributed by atoms with Crippen LogP contribution in [0, 0.1) is 0 Å². The van der Waals surface area contributed by atoms with Crippen LogP contribution in [0.4, 0.5) is 0 Å². The summed E-state index contributed by atoms with van der Waals surface area (Å²) in [5, 5.41) is 9.76. The summed E-state index contributed by atoms with van der Waals surface area (Å²) < 4.78 is 0. The molecule has 5 heteroatoms. The molecule has 1 amide bonds. The lowest BCUT2D eigenvalue weighted by molar-refractivity contribution is -0.153. The van der Waals surface area contributed by atoms with Gasteiger partial charge >= 0.3 is 5.97 Å². The van der Waals surface area contributed by atoms with Crippen LogP contribution in [0.15, 0.2) is 24.3 Å². The standard InChI is InChI=1S/C13H14ClNO3/c14-10-6-4-9(5-7-10)8-15-11(13(17)18)2-1-3-12(15)16/h4-7,11H,1-3,8H2,(H,17,18)/t11-/m0/s1. The zero-order valence-electron chi connectivity index (χ0n) is 9.80. The fourth-order valence-corrected chi connectivity index (χ4v) is 2.29. The molecule has 0 aliphatic carbocycles. The summed E-state index contributed by atoms with van der Waals surface area (Å²) in [6.45, 7) is 0.326. The number of piperidine rings is 1. The van der Waals surface area contributed by atoms with Crippen molar-refractivity contribution in [1.82, 2.24) is 4.90 Å². The number of benzene rings is 1. The van der Waals surface area contributed by atoms with Crippen LogP contribution in [0.2, 0.25) is 5.02 Å². The normalized spacial score (nSPS) is 19.9. The molecule has 0 bridgehead atoms. The Labute approximate surface area is 110 Å². The van der Waals surface area contributed by atoms with Crippen molar-refractivity contribution in [3.8, 4) is 0 Å². The number of amides is 1. The Hall–Kier alpha value is -1.55. The molecule has 1 aliphatic rings. The second kappa shape index (κ2) is 5.40. The van der Waals surface area contributed by atoms with Crippen LogP contribution in [0.1, 0.15) is 24.8 Å². The van der Waals surface area contributed by atoms with Crippen molar-refractivity contribution in [1.29, 1.82) is 0 Å². The van der Waals surface area contributed by atoms with E-state index in [2.05, 4.69) is 0 Å². The molecule has 0 unspecified atom stereocenters. The van der Waals surface area contributed by atoms with Crippen molar-refractivity contribution < 1.29 is 14.7 Å². The van der Waals surface area contributed by atoms with Gasteiger partial charge in [0, 0.05) is 18.0 Å². The molecule has 1 fully saturated rings. The van der Waals surface area contributed by atoms with Crippen LogP contribution in [0.25, 0.3) is 0 Å². The van der Waals surface area contributed by atoms with E-state index in [1.165, 1.54) is 4.90 Å². The average molecular weight is 268 g/mol. The lowest BCUT2D eigenvalue weighted by atomic mass is 10.0. The highest BCUT2D eigenvalue weighted by Gasteiger charge is 2.32. The summed E-state index contributed by atoms with van der Waals surface area (Å²) in [5.74, 6) is -1.03. The third-order valence-electron chi connectivity index (χ3n) is 3.12. The number of carbonyl (C=O) groups is 2. The Morgan fingerprint density at radius 3 is 2.67 bits per heavy atom. The van der Waals surface area contributed by atoms with Crippen LogP contribution >= 0.6 is 11.6 Å². The van der Waals surface area contributed by atoms with E-state index in [4.69, 9.17) is 16.7 Å². The predicted molar refractivity (Wildman–Crippen MR) is 67.3 cm³/mol. The molecule has 18 heavy (non-hydrogen) atoms. The minimum Gasteiger partial charge on any atom is -0.480 e. The van der Waals surface area contributed by atoms with E-state index in [0.29, 0.717) is 30.8 Å². The minimum atomic E-state index is -0.933. The molecule has 1 heterocycles. The van der Waals surface area contributed by atoms with Crippen LogP contribution in [-0.4, -0.2) is 27.9 Å². The molecule has 2 rings (SSSR count). The molecule has 0 aromatic heterocycles. The molecule has 1 atom stereocenters. The number of carboxylic acid groups (broad SMARTS) is 1. The van der Waals surface area contributed by atoms with Gasteiger partial charge in [0.25, 0.3) is 0 Å². The number of likely N-dealkylation sites (tertiary alicyclic amines) is 1. The van der Waals surface area contributed by atoms with Gasteiger partial charge in [0.15, 0.2) is 0 Å². The summed E-state index contributed by atoms with van der Waals surface area (Å²) >= 11 is 5.79. The summed E-state index contributed by atoms with van der Waals surface area (Å²) in [4.78, 5) is 24.4. The van der Waals surface area contributed by atoms with Crippen LogP contribution in [0.3, 0.4) is 0 Å². The molecule has 0 saturated carbocycles. The van der Waals surface area contributed by atoms with E-state index in [0.717, 1.165) is 5.56 Å². The van der Waals surface area contributed by atoms with Gasteiger partial charge < -0.3 is 10.0 Å². The van der Waals surface area contributed by atoms with Gasteiger partial charge in [0.05, 0.1) is 0 Å². The van der Waals surface area contributed by atoms with E-state index >= 15 is 0 Å². The van der Waals surface area contributed by atoms with Crippen molar-refractivity contribution in [2.24, 2.45) is 0 Å². The Morgan fingerprint density at radius 2 is 2.06 bits per heavy atom. The molecule has 4 nitrogen and oxygen atoms in total. The van der Waals surface area contributed by atoms with Crippen LogP contribution < -0.4 is 0 Å². The molecule has 1 aromatic rings. The second-order valence-corrected chi connectivity index (χ2v) is 4.83. The number of nitrogens with zero attached hydrogens (tertiary/aromatic N) is 1. The van der Waals surface area contributed by atoms with Gasteiger partial charge in [-0.25, -0.2) is 4.79 Å². The van der Waals surface area contributed by atoms with E-state index in [-0.39, 0.29) is 5.91 Å². The molecule has 96 valence electrons. The molecule has 1 aliphatic heterocycles. The number of carboxylic acids is 1. The first kappa shape index (κ1) is 12.9. The average Bonchev–Trinajstić information content (AvgIpc) is 2.34. The Balaban J connectivity index is 2.15. The zero-order valence-corrected chi connectivity index (χ0v) is 10.6. The number of hydrogen-bond donors (Lipinski definition) is 1. The van der Waals surface area contributed by atoms with Crippen molar-refractivity contribution in [3.05, 3.63) is 34.9 Å². The maximum absolute atomic E-state index is 11.8. The van der Waals surface area contributed by atoms with Gasteiger partial charge in [-0.05, 0) is 30.5 Å². The monoisotopic (exact) mass is 267 g/mol. The number of halogens is 1. The van der Waals surface area contributed by atoms with Gasteiger partial charge in [-0.3, -0.25) is 4.79 Å². The Kier molecular flexibility index (Phi) is 3.87. The van der Waals surface area contributed by atoms with Crippen molar-refractivity contribution in [2.75, 3.05) is 0 Å². The second-order valence-electron chi connectivity index (χ2n) is 4.39. The zero-order chi connectivity index (χ0) is 13.1. The van der Waals surface area contributed by atoms with Gasteiger partial charge in [0.2, 0.25) is 5.91 Å². The smallest absolute Gasteiger partial charge is 0.326 e. The van der Waals surface area contributed by atoms with Gasteiger partial charge in [0.1, 0.15) is 6.04 Å². The topological polar surface area (TPSA) is 57.6 Å². The first-order chi connectivity index (χ1) is 8.58. The summed E-state index contributed by atoms with van der Waals surface area (Å²) in [5.41, 5.74) is 0.890. The van der Waals surface area contributed by atoms with Gasteiger partial charge in [-0.1, -0.05) is 23.7 Å². The minimum absolute atomic E-state index is 0.0939. The quantitative estimate of drug-likeness (QED) is 0.914. The predicted octanol–water partition coefficient (Wildman–Crippen LogP) is 2.31. The molecule has 1 N–H and O–H groups in total. The third-order valence-corrected chi connectivity index (χ3v) is 3.37. The first-order valence-corrected chi connectivity index (χ1v) is 6.22. The molecular formula is C13H14ClNO3. The van der Waals surface area contributed by atoms with Gasteiger partial charge in [-0.15, -0.1) is 0 Å². The maximum Gasteiger partial charge on any atom is 0.326 e. The molecule has 0 spiro atoms.